The standard InChI is InChI=1S/C20H20F4N2O4S/c21-16-8-4-5-9-17(16)31(29,30)26-12-10-25(11-13-26)18(27)14-19(28,20(22,23)24)15-6-2-1-3-7-15/h1-9,28H,10-14H2/t19-/m1/s1. The number of sulfonamides is 1. The van der Waals surface area contributed by atoms with Crippen molar-refractivity contribution >= 4 is 15.9 Å². The van der Waals surface area contributed by atoms with E-state index < -0.39 is 50.4 Å². The molecule has 3 rings (SSSR count). The number of nitrogens with zero attached hydrogens (tertiary/aromatic N) is 2. The SMILES string of the molecule is O=C(C[C@@](O)(c1ccccc1)C(F)(F)F)N1CCN(S(=O)(=O)c2ccccc2F)CC1. The van der Waals surface area contributed by atoms with Gasteiger partial charge < -0.3 is 10.0 Å². The van der Waals surface area contributed by atoms with Gasteiger partial charge in [-0.1, -0.05) is 42.5 Å². The van der Waals surface area contributed by atoms with Crippen LogP contribution in [0.5, 0.6) is 0 Å². The number of hydrogen-bond donors (Lipinski definition) is 1. The molecule has 1 atom stereocenters. The van der Waals surface area contributed by atoms with Gasteiger partial charge in [-0.3, -0.25) is 4.79 Å². The maximum Gasteiger partial charge on any atom is 0.421 e. The number of hydrogen-bond acceptors (Lipinski definition) is 4. The van der Waals surface area contributed by atoms with Crippen LogP contribution >= 0.6 is 0 Å². The highest BCUT2D eigenvalue weighted by atomic mass is 32.2. The summed E-state index contributed by atoms with van der Waals surface area (Å²) < 4.78 is 81.0. The number of carbonyl (C=O) groups is 1. The van der Waals surface area contributed by atoms with Crippen LogP contribution < -0.4 is 0 Å². The summed E-state index contributed by atoms with van der Waals surface area (Å²) in [5, 5.41) is 10.4. The van der Waals surface area contributed by atoms with Gasteiger partial charge in [0.1, 0.15) is 10.7 Å². The smallest absolute Gasteiger partial charge is 0.376 e. The molecule has 0 saturated carbocycles. The van der Waals surface area contributed by atoms with Gasteiger partial charge >= 0.3 is 6.18 Å². The lowest BCUT2D eigenvalue weighted by Gasteiger charge is -2.37. The molecule has 2 aromatic carbocycles. The average molecular weight is 460 g/mol. The third kappa shape index (κ3) is 4.58. The monoisotopic (exact) mass is 460 g/mol. The first-order valence-electron chi connectivity index (χ1n) is 9.34. The second-order valence-corrected chi connectivity index (χ2v) is 9.02. The molecule has 1 amide bonds. The molecule has 1 saturated heterocycles. The first kappa shape index (κ1) is 23.2. The number of rotatable bonds is 5. The van der Waals surface area contributed by atoms with Crippen molar-refractivity contribution in [3.63, 3.8) is 0 Å². The molecule has 0 radical (unpaired) electrons. The Morgan fingerprint density at radius 1 is 0.935 bits per heavy atom. The molecule has 11 heteroatoms. The maximum atomic E-state index is 13.9. The highest BCUT2D eigenvalue weighted by Crippen LogP contribution is 2.42. The van der Waals surface area contributed by atoms with Gasteiger partial charge in [0, 0.05) is 26.2 Å². The van der Waals surface area contributed by atoms with Crippen molar-refractivity contribution in [2.45, 2.75) is 23.1 Å². The molecule has 6 nitrogen and oxygen atoms in total. The molecule has 1 aliphatic heterocycles. The summed E-state index contributed by atoms with van der Waals surface area (Å²) in [7, 11) is -4.15. The van der Waals surface area contributed by atoms with Crippen LogP contribution in [0.2, 0.25) is 0 Å². The summed E-state index contributed by atoms with van der Waals surface area (Å²) in [5.41, 5.74) is -3.83. The Hall–Kier alpha value is -2.50. The van der Waals surface area contributed by atoms with E-state index >= 15 is 0 Å². The summed E-state index contributed by atoms with van der Waals surface area (Å²) in [4.78, 5) is 13.1. The van der Waals surface area contributed by atoms with Gasteiger partial charge in [0.2, 0.25) is 15.9 Å². The molecule has 168 valence electrons. The molecule has 1 aliphatic rings. The zero-order valence-corrected chi connectivity index (χ0v) is 17.0. The molecule has 0 unspecified atom stereocenters. The third-order valence-electron chi connectivity index (χ3n) is 5.17. The van der Waals surface area contributed by atoms with Gasteiger partial charge in [0.15, 0.2) is 5.60 Å². The number of carbonyl (C=O) groups excluding carboxylic acids is 1. The van der Waals surface area contributed by atoms with Crippen LogP contribution in [0, 0.1) is 5.82 Å². The number of amides is 1. The fraction of sp³-hybridized carbons (Fsp3) is 0.350. The molecule has 2 aromatic rings. The number of benzene rings is 2. The minimum absolute atomic E-state index is 0.185. The topological polar surface area (TPSA) is 77.9 Å². The molecular weight excluding hydrogens is 440 g/mol. The van der Waals surface area contributed by atoms with Crippen molar-refractivity contribution in [3.05, 3.63) is 66.0 Å². The van der Waals surface area contributed by atoms with Gasteiger partial charge in [0.05, 0.1) is 6.42 Å². The third-order valence-corrected chi connectivity index (χ3v) is 7.11. The largest absolute Gasteiger partial charge is 0.421 e. The molecule has 1 N–H and O–H groups in total. The van der Waals surface area contributed by atoms with Gasteiger partial charge in [-0.15, -0.1) is 0 Å². The van der Waals surface area contributed by atoms with Crippen LogP contribution in [0.3, 0.4) is 0 Å². The zero-order valence-electron chi connectivity index (χ0n) is 16.2. The Bertz CT molecular complexity index is 1040. The van der Waals surface area contributed by atoms with E-state index in [1.54, 1.807) is 0 Å². The average Bonchev–Trinajstić information content (AvgIpc) is 2.73. The fourth-order valence-corrected chi connectivity index (χ4v) is 4.87. The lowest BCUT2D eigenvalue weighted by molar-refractivity contribution is -0.268. The lowest BCUT2D eigenvalue weighted by Crippen LogP contribution is -2.53. The number of aliphatic hydroxyl groups is 1. The Labute approximate surface area is 176 Å². The first-order chi connectivity index (χ1) is 14.5. The predicted octanol–water partition coefficient (Wildman–Crippen LogP) is 2.50. The van der Waals surface area contributed by atoms with Gasteiger partial charge in [-0.05, 0) is 17.7 Å². The minimum Gasteiger partial charge on any atom is -0.376 e. The van der Waals surface area contributed by atoms with E-state index in [1.165, 1.54) is 30.3 Å². The summed E-state index contributed by atoms with van der Waals surface area (Å²) >= 11 is 0. The molecule has 1 heterocycles. The summed E-state index contributed by atoms with van der Waals surface area (Å²) in [6, 6.07) is 11.1. The summed E-state index contributed by atoms with van der Waals surface area (Å²) in [6.45, 7) is -0.791. The summed E-state index contributed by atoms with van der Waals surface area (Å²) in [5.74, 6) is -1.88. The Kier molecular flexibility index (Phi) is 6.40. The van der Waals surface area contributed by atoms with Crippen molar-refractivity contribution < 1.29 is 35.9 Å². The van der Waals surface area contributed by atoms with Gasteiger partial charge in [-0.2, -0.15) is 17.5 Å². The van der Waals surface area contributed by atoms with E-state index in [-0.39, 0.29) is 26.2 Å². The number of halogens is 4. The molecule has 0 bridgehead atoms. The highest BCUT2D eigenvalue weighted by Gasteiger charge is 2.56. The van der Waals surface area contributed by atoms with Gasteiger partial charge in [-0.25, -0.2) is 12.8 Å². The zero-order chi connectivity index (χ0) is 22.9. The van der Waals surface area contributed by atoms with Crippen molar-refractivity contribution in [1.29, 1.82) is 0 Å². The van der Waals surface area contributed by atoms with Crippen LogP contribution in [-0.2, 0) is 20.4 Å². The van der Waals surface area contributed by atoms with Crippen molar-refractivity contribution in [2.75, 3.05) is 26.2 Å². The van der Waals surface area contributed by atoms with Crippen LogP contribution in [0.15, 0.2) is 59.5 Å². The van der Waals surface area contributed by atoms with Crippen molar-refractivity contribution in [1.82, 2.24) is 9.21 Å². The molecular formula is C20H20F4N2O4S. The van der Waals surface area contributed by atoms with E-state index in [0.717, 1.165) is 33.5 Å². The van der Waals surface area contributed by atoms with Crippen LogP contribution in [0.4, 0.5) is 17.6 Å². The molecule has 0 aliphatic carbocycles. The summed E-state index contributed by atoms with van der Waals surface area (Å²) in [6.07, 6.45) is -6.33. The Balaban J connectivity index is 1.72. The predicted molar refractivity (Wildman–Crippen MR) is 103 cm³/mol. The van der Waals surface area contributed by atoms with E-state index in [9.17, 15) is 35.9 Å². The molecule has 0 aromatic heterocycles. The first-order valence-corrected chi connectivity index (χ1v) is 10.8. The number of alkyl halides is 3. The Morgan fingerprint density at radius 2 is 1.48 bits per heavy atom. The van der Waals surface area contributed by atoms with E-state index in [0.29, 0.717) is 0 Å². The maximum absolute atomic E-state index is 13.9. The second kappa shape index (κ2) is 8.56. The van der Waals surface area contributed by atoms with E-state index in [1.807, 2.05) is 0 Å². The van der Waals surface area contributed by atoms with Crippen LogP contribution in [-0.4, -0.2) is 61.0 Å². The van der Waals surface area contributed by atoms with E-state index in [2.05, 4.69) is 0 Å². The molecule has 0 spiro atoms. The highest BCUT2D eigenvalue weighted by molar-refractivity contribution is 7.89. The van der Waals surface area contributed by atoms with Crippen molar-refractivity contribution in [3.8, 4) is 0 Å². The van der Waals surface area contributed by atoms with E-state index in [4.69, 9.17) is 0 Å². The van der Waals surface area contributed by atoms with Crippen LogP contribution in [0.25, 0.3) is 0 Å². The van der Waals surface area contributed by atoms with Crippen molar-refractivity contribution in [2.24, 2.45) is 0 Å². The molecule has 31 heavy (non-hydrogen) atoms. The second-order valence-electron chi connectivity index (χ2n) is 7.12. The molecule has 1 fully saturated rings. The fourth-order valence-electron chi connectivity index (χ4n) is 3.38. The quantitative estimate of drug-likeness (QED) is 0.696. The van der Waals surface area contributed by atoms with Gasteiger partial charge in [0.25, 0.3) is 0 Å². The Morgan fingerprint density at radius 3 is 2.03 bits per heavy atom. The normalized spacial score (nSPS) is 17.9. The minimum atomic E-state index is -5.10. The van der Waals surface area contributed by atoms with Crippen LogP contribution in [0.1, 0.15) is 12.0 Å². The number of piperazine rings is 1. The lowest BCUT2D eigenvalue weighted by atomic mass is 9.89.